The van der Waals surface area contributed by atoms with E-state index < -0.39 is 10.0 Å². The van der Waals surface area contributed by atoms with Crippen LogP contribution in [0, 0.1) is 6.92 Å². The van der Waals surface area contributed by atoms with Crippen molar-refractivity contribution in [3.05, 3.63) is 47.5 Å². The number of nitrogens with zero attached hydrogens (tertiary/aromatic N) is 2. The zero-order chi connectivity index (χ0) is 18.9. The quantitative estimate of drug-likeness (QED) is 0.321. The fourth-order valence-electron chi connectivity index (χ4n) is 2.66. The standard InChI is InChI=1S/C18H17N3O2S4/c1-12-19-15-11-13(7-8-17(15)25-12)21-27(22,23)10-4-9-24-18-20-14-5-2-3-6-16(14)26-18/h2-3,5-8,11,21H,4,9-10H2,1H3. The van der Waals surface area contributed by atoms with Gasteiger partial charge >= 0.3 is 0 Å². The number of thiazole rings is 2. The van der Waals surface area contributed by atoms with Crippen molar-refractivity contribution < 1.29 is 8.42 Å². The maximum atomic E-state index is 12.3. The number of benzene rings is 2. The Kier molecular flexibility index (Phi) is 5.36. The number of thioether (sulfide) groups is 1. The van der Waals surface area contributed by atoms with Crippen LogP contribution in [0.25, 0.3) is 20.4 Å². The van der Waals surface area contributed by atoms with E-state index in [2.05, 4.69) is 14.7 Å². The number of nitrogens with one attached hydrogen (secondary N) is 1. The summed E-state index contributed by atoms with van der Waals surface area (Å²) in [6.07, 6.45) is 0.563. The zero-order valence-corrected chi connectivity index (χ0v) is 17.8. The average Bonchev–Trinajstić information content (AvgIpc) is 3.19. The van der Waals surface area contributed by atoms with Crippen molar-refractivity contribution in [2.45, 2.75) is 17.7 Å². The van der Waals surface area contributed by atoms with Gasteiger partial charge in [0.2, 0.25) is 10.0 Å². The number of fused-ring (bicyclic) bond motifs is 2. The van der Waals surface area contributed by atoms with Crippen molar-refractivity contribution in [1.29, 1.82) is 0 Å². The molecule has 4 rings (SSSR count). The molecular formula is C18H17N3O2S4. The molecule has 0 saturated heterocycles. The summed E-state index contributed by atoms with van der Waals surface area (Å²) in [6, 6.07) is 13.5. The van der Waals surface area contributed by atoms with Crippen LogP contribution in [0.3, 0.4) is 0 Å². The molecule has 0 saturated carbocycles. The monoisotopic (exact) mass is 435 g/mol. The lowest BCUT2D eigenvalue weighted by molar-refractivity contribution is 0.600. The molecule has 9 heteroatoms. The van der Waals surface area contributed by atoms with Crippen LogP contribution in [0.2, 0.25) is 0 Å². The van der Waals surface area contributed by atoms with E-state index in [1.165, 1.54) is 0 Å². The molecule has 1 N–H and O–H groups in total. The lowest BCUT2D eigenvalue weighted by atomic mass is 10.3. The molecule has 0 unspecified atom stereocenters. The molecule has 27 heavy (non-hydrogen) atoms. The summed E-state index contributed by atoms with van der Waals surface area (Å²) in [4.78, 5) is 8.96. The molecule has 2 aromatic carbocycles. The van der Waals surface area contributed by atoms with Gasteiger partial charge in [-0.3, -0.25) is 4.72 Å². The lowest BCUT2D eigenvalue weighted by Gasteiger charge is -2.07. The number of sulfonamides is 1. The van der Waals surface area contributed by atoms with Gasteiger partial charge in [-0.05, 0) is 43.7 Å². The predicted octanol–water partition coefficient (Wildman–Crippen LogP) is 5.14. The van der Waals surface area contributed by atoms with Gasteiger partial charge in [0, 0.05) is 5.75 Å². The van der Waals surface area contributed by atoms with E-state index in [9.17, 15) is 8.42 Å². The van der Waals surface area contributed by atoms with Crippen LogP contribution < -0.4 is 4.72 Å². The van der Waals surface area contributed by atoms with Crippen molar-refractivity contribution in [2.75, 3.05) is 16.2 Å². The normalized spacial score (nSPS) is 12.0. The van der Waals surface area contributed by atoms with Crippen LogP contribution >= 0.6 is 34.4 Å². The fraction of sp³-hybridized carbons (Fsp3) is 0.222. The van der Waals surface area contributed by atoms with Crippen molar-refractivity contribution in [3.63, 3.8) is 0 Å². The number of aromatic nitrogens is 2. The minimum absolute atomic E-state index is 0.0824. The molecule has 2 aromatic heterocycles. The van der Waals surface area contributed by atoms with E-state index >= 15 is 0 Å². The molecule has 0 radical (unpaired) electrons. The topological polar surface area (TPSA) is 72.0 Å². The molecule has 2 heterocycles. The van der Waals surface area contributed by atoms with Crippen LogP contribution in [-0.4, -0.2) is 29.9 Å². The molecule has 0 aliphatic carbocycles. The highest BCUT2D eigenvalue weighted by Gasteiger charge is 2.12. The Morgan fingerprint density at radius 3 is 2.70 bits per heavy atom. The van der Waals surface area contributed by atoms with Gasteiger partial charge in [0.1, 0.15) is 0 Å². The van der Waals surface area contributed by atoms with E-state index in [1.807, 2.05) is 37.3 Å². The van der Waals surface area contributed by atoms with Crippen molar-refractivity contribution in [3.8, 4) is 0 Å². The van der Waals surface area contributed by atoms with Gasteiger partial charge in [-0.15, -0.1) is 22.7 Å². The maximum Gasteiger partial charge on any atom is 0.232 e. The Morgan fingerprint density at radius 2 is 1.85 bits per heavy atom. The van der Waals surface area contributed by atoms with Gasteiger partial charge in [0.15, 0.2) is 4.34 Å². The van der Waals surface area contributed by atoms with Gasteiger partial charge in [-0.25, -0.2) is 18.4 Å². The summed E-state index contributed by atoms with van der Waals surface area (Å²) in [5, 5.41) is 0.969. The minimum atomic E-state index is -3.38. The number of aryl methyl sites for hydroxylation is 1. The van der Waals surface area contributed by atoms with Gasteiger partial charge in [0.25, 0.3) is 0 Å². The predicted molar refractivity (Wildman–Crippen MR) is 117 cm³/mol. The number of para-hydroxylation sites is 1. The highest BCUT2D eigenvalue weighted by molar-refractivity contribution is 8.01. The summed E-state index contributed by atoms with van der Waals surface area (Å²) in [5.74, 6) is 0.796. The average molecular weight is 436 g/mol. The number of anilines is 1. The Labute approximate surface area is 169 Å². The van der Waals surface area contributed by atoms with Gasteiger partial charge < -0.3 is 0 Å². The number of hydrogen-bond donors (Lipinski definition) is 1. The highest BCUT2D eigenvalue weighted by atomic mass is 32.2. The molecule has 0 amide bonds. The van der Waals surface area contributed by atoms with Crippen LogP contribution in [0.1, 0.15) is 11.4 Å². The van der Waals surface area contributed by atoms with Crippen molar-refractivity contribution >= 4 is 70.6 Å². The van der Waals surface area contributed by atoms with Crippen LogP contribution in [0.5, 0.6) is 0 Å². The Hall–Kier alpha value is -1.68. The van der Waals surface area contributed by atoms with Crippen molar-refractivity contribution in [1.82, 2.24) is 9.97 Å². The van der Waals surface area contributed by atoms with E-state index in [0.717, 1.165) is 29.8 Å². The molecule has 0 fully saturated rings. The third-order valence-electron chi connectivity index (χ3n) is 3.83. The van der Waals surface area contributed by atoms with Gasteiger partial charge in [-0.1, -0.05) is 23.9 Å². The first kappa shape index (κ1) is 18.7. The minimum Gasteiger partial charge on any atom is -0.283 e. The summed E-state index contributed by atoms with van der Waals surface area (Å²) >= 11 is 4.84. The van der Waals surface area contributed by atoms with Crippen LogP contribution in [0.4, 0.5) is 5.69 Å². The van der Waals surface area contributed by atoms with Crippen molar-refractivity contribution in [2.24, 2.45) is 0 Å². The second-order valence-corrected chi connectivity index (χ2v) is 11.4. The van der Waals surface area contributed by atoms with Crippen LogP contribution in [0.15, 0.2) is 46.8 Å². The van der Waals surface area contributed by atoms with E-state index in [0.29, 0.717) is 17.9 Å². The van der Waals surface area contributed by atoms with E-state index in [1.54, 1.807) is 46.6 Å². The molecule has 140 valence electrons. The third kappa shape index (κ3) is 4.60. The maximum absolute atomic E-state index is 12.3. The van der Waals surface area contributed by atoms with Crippen LogP contribution in [-0.2, 0) is 10.0 Å². The van der Waals surface area contributed by atoms with Gasteiger partial charge in [-0.2, -0.15) is 0 Å². The zero-order valence-electron chi connectivity index (χ0n) is 14.5. The SMILES string of the molecule is Cc1nc2cc(NS(=O)(=O)CCCSc3nc4ccccc4s3)ccc2s1. The Morgan fingerprint density at radius 1 is 1.04 bits per heavy atom. The first-order chi connectivity index (χ1) is 13.0. The summed E-state index contributed by atoms with van der Waals surface area (Å²) in [5.41, 5.74) is 2.38. The molecule has 0 spiro atoms. The highest BCUT2D eigenvalue weighted by Crippen LogP contribution is 2.30. The molecule has 5 nitrogen and oxygen atoms in total. The summed E-state index contributed by atoms with van der Waals surface area (Å²) in [6.45, 7) is 1.94. The Balaban J connectivity index is 1.32. The first-order valence-electron chi connectivity index (χ1n) is 8.35. The van der Waals surface area contributed by atoms with Gasteiger partial charge in [0.05, 0.1) is 36.9 Å². The second kappa shape index (κ2) is 7.75. The molecular weight excluding hydrogens is 418 g/mol. The first-order valence-corrected chi connectivity index (χ1v) is 12.6. The largest absolute Gasteiger partial charge is 0.283 e. The molecule has 0 bridgehead atoms. The molecule has 0 aliphatic heterocycles. The number of rotatable bonds is 7. The fourth-order valence-corrected chi connectivity index (χ4v) is 6.84. The smallest absolute Gasteiger partial charge is 0.232 e. The van der Waals surface area contributed by atoms with E-state index in [4.69, 9.17) is 0 Å². The summed E-state index contributed by atoms with van der Waals surface area (Å²) < 4.78 is 30.5. The lowest BCUT2D eigenvalue weighted by Crippen LogP contribution is -2.17. The summed E-state index contributed by atoms with van der Waals surface area (Å²) in [7, 11) is -3.38. The third-order valence-corrected chi connectivity index (χ3v) is 8.42. The Bertz CT molecular complexity index is 1160. The molecule has 4 aromatic rings. The van der Waals surface area contributed by atoms with E-state index in [-0.39, 0.29) is 5.75 Å². The number of hydrogen-bond acceptors (Lipinski definition) is 7. The second-order valence-electron chi connectivity index (χ2n) is 5.99. The molecule has 0 aliphatic rings. The molecule has 0 atom stereocenters.